The standard InChI is InChI=1S/C12H16O3S/c1-12(2)8(9(12)10(13)15-3)6-7-4-5-16-11(7)14/h6,8-9H,4-5H2,1-3H3/b7-6-. The van der Waals surface area contributed by atoms with Crippen LogP contribution >= 0.6 is 11.8 Å². The van der Waals surface area contributed by atoms with Crippen LogP contribution in [0, 0.1) is 17.3 Å². The lowest BCUT2D eigenvalue weighted by Gasteiger charge is -1.99. The summed E-state index contributed by atoms with van der Waals surface area (Å²) in [7, 11) is 1.41. The van der Waals surface area contributed by atoms with Crippen LogP contribution in [0.3, 0.4) is 0 Å². The second-order valence-electron chi connectivity index (χ2n) is 4.93. The lowest BCUT2D eigenvalue weighted by molar-refractivity contribution is -0.143. The van der Waals surface area contributed by atoms with Crippen LogP contribution in [0.1, 0.15) is 20.3 Å². The molecule has 3 nitrogen and oxygen atoms in total. The van der Waals surface area contributed by atoms with E-state index in [1.807, 2.05) is 19.9 Å². The molecule has 0 bridgehead atoms. The molecule has 0 aromatic rings. The molecule has 0 amide bonds. The molecule has 1 saturated carbocycles. The van der Waals surface area contributed by atoms with Crippen molar-refractivity contribution in [2.75, 3.05) is 12.9 Å². The zero-order valence-electron chi connectivity index (χ0n) is 9.78. The summed E-state index contributed by atoms with van der Waals surface area (Å²) < 4.78 is 4.77. The van der Waals surface area contributed by atoms with Crippen molar-refractivity contribution in [1.29, 1.82) is 0 Å². The Morgan fingerprint density at radius 1 is 1.56 bits per heavy atom. The molecule has 2 rings (SSSR count). The molecule has 0 N–H and O–H groups in total. The smallest absolute Gasteiger partial charge is 0.309 e. The van der Waals surface area contributed by atoms with Crippen molar-refractivity contribution in [3.63, 3.8) is 0 Å². The zero-order valence-corrected chi connectivity index (χ0v) is 10.6. The van der Waals surface area contributed by atoms with E-state index in [0.717, 1.165) is 17.7 Å². The molecule has 0 aromatic carbocycles. The summed E-state index contributed by atoms with van der Waals surface area (Å²) >= 11 is 1.37. The van der Waals surface area contributed by atoms with Crippen LogP contribution < -0.4 is 0 Å². The Morgan fingerprint density at radius 3 is 2.75 bits per heavy atom. The first-order chi connectivity index (χ1) is 7.48. The van der Waals surface area contributed by atoms with E-state index in [1.54, 1.807) is 0 Å². The van der Waals surface area contributed by atoms with Gasteiger partial charge in [0.2, 0.25) is 5.12 Å². The Balaban J connectivity index is 2.13. The largest absolute Gasteiger partial charge is 0.469 e. The summed E-state index contributed by atoms with van der Waals surface area (Å²) in [5.74, 6) is 0.798. The maximum absolute atomic E-state index is 11.5. The highest BCUT2D eigenvalue weighted by Crippen LogP contribution is 2.60. The molecule has 1 heterocycles. The molecule has 88 valence electrons. The fourth-order valence-electron chi connectivity index (χ4n) is 2.38. The number of rotatable bonds is 2. The predicted octanol–water partition coefficient (Wildman–Crippen LogP) is 2.02. The average Bonchev–Trinajstić information content (AvgIpc) is 2.57. The first kappa shape index (κ1) is 11.7. The van der Waals surface area contributed by atoms with E-state index >= 15 is 0 Å². The number of carbonyl (C=O) groups is 2. The molecular formula is C12H16O3S. The van der Waals surface area contributed by atoms with E-state index in [9.17, 15) is 9.59 Å². The van der Waals surface area contributed by atoms with Crippen LogP contribution in [0.4, 0.5) is 0 Å². The number of methoxy groups -OCH3 is 1. The van der Waals surface area contributed by atoms with E-state index in [1.165, 1.54) is 18.9 Å². The minimum absolute atomic E-state index is 0.0619. The molecule has 0 radical (unpaired) electrons. The van der Waals surface area contributed by atoms with Gasteiger partial charge in [0.05, 0.1) is 13.0 Å². The Kier molecular flexibility index (Phi) is 2.86. The summed E-state index contributed by atoms with van der Waals surface area (Å²) in [6, 6.07) is 0. The van der Waals surface area contributed by atoms with E-state index in [-0.39, 0.29) is 28.3 Å². The van der Waals surface area contributed by atoms with E-state index in [4.69, 9.17) is 4.74 Å². The number of carbonyl (C=O) groups excluding carboxylic acids is 2. The van der Waals surface area contributed by atoms with Gasteiger partial charge in [-0.25, -0.2) is 0 Å². The molecule has 2 atom stereocenters. The summed E-state index contributed by atoms with van der Waals surface area (Å²) in [6.07, 6.45) is 2.83. The molecule has 2 fully saturated rings. The summed E-state index contributed by atoms with van der Waals surface area (Å²) in [5.41, 5.74) is 0.822. The van der Waals surface area contributed by atoms with E-state index < -0.39 is 0 Å². The molecule has 4 heteroatoms. The van der Waals surface area contributed by atoms with Crippen LogP contribution in [-0.4, -0.2) is 23.9 Å². The van der Waals surface area contributed by atoms with Gasteiger partial charge in [0.15, 0.2) is 0 Å². The molecule has 1 aliphatic carbocycles. The van der Waals surface area contributed by atoms with Gasteiger partial charge < -0.3 is 4.74 Å². The topological polar surface area (TPSA) is 43.4 Å². The molecule has 0 aromatic heterocycles. The van der Waals surface area contributed by atoms with Crippen LogP contribution in [0.5, 0.6) is 0 Å². The Hall–Kier alpha value is -0.770. The highest BCUT2D eigenvalue weighted by atomic mass is 32.2. The lowest BCUT2D eigenvalue weighted by atomic mass is 10.1. The summed E-state index contributed by atoms with van der Waals surface area (Å²) in [5, 5.41) is 0.173. The second kappa shape index (κ2) is 3.91. The van der Waals surface area contributed by atoms with Gasteiger partial charge in [-0.1, -0.05) is 31.7 Å². The molecule has 2 aliphatic rings. The minimum atomic E-state index is -0.162. The van der Waals surface area contributed by atoms with Crippen molar-refractivity contribution in [2.24, 2.45) is 17.3 Å². The van der Waals surface area contributed by atoms with Crippen molar-refractivity contribution in [2.45, 2.75) is 20.3 Å². The quantitative estimate of drug-likeness (QED) is 0.547. The Bertz CT molecular complexity index is 370. The third-order valence-corrected chi connectivity index (χ3v) is 4.55. The van der Waals surface area contributed by atoms with Gasteiger partial charge in [-0.15, -0.1) is 0 Å². The fourth-order valence-corrected chi connectivity index (χ4v) is 3.25. The van der Waals surface area contributed by atoms with Crippen molar-refractivity contribution in [3.8, 4) is 0 Å². The maximum atomic E-state index is 11.5. The zero-order chi connectivity index (χ0) is 11.9. The molecule has 16 heavy (non-hydrogen) atoms. The van der Waals surface area contributed by atoms with Crippen LogP contribution in [0.2, 0.25) is 0 Å². The van der Waals surface area contributed by atoms with Gasteiger partial charge in [0, 0.05) is 11.3 Å². The number of hydrogen-bond donors (Lipinski definition) is 0. The third-order valence-electron chi connectivity index (χ3n) is 3.61. The Labute approximate surface area is 99.6 Å². The van der Waals surface area contributed by atoms with Crippen molar-refractivity contribution in [1.82, 2.24) is 0 Å². The molecular weight excluding hydrogens is 224 g/mol. The Morgan fingerprint density at radius 2 is 2.25 bits per heavy atom. The second-order valence-corrected chi connectivity index (χ2v) is 5.99. The van der Waals surface area contributed by atoms with E-state index in [0.29, 0.717) is 0 Å². The molecule has 2 unspecified atom stereocenters. The van der Waals surface area contributed by atoms with Gasteiger partial charge >= 0.3 is 5.97 Å². The molecule has 1 aliphatic heterocycles. The summed E-state index contributed by atoms with van der Waals surface area (Å²) in [4.78, 5) is 23.0. The van der Waals surface area contributed by atoms with Gasteiger partial charge in [-0.2, -0.15) is 0 Å². The van der Waals surface area contributed by atoms with Gasteiger partial charge in [-0.05, 0) is 17.8 Å². The number of hydrogen-bond acceptors (Lipinski definition) is 4. The number of esters is 1. The lowest BCUT2D eigenvalue weighted by Crippen LogP contribution is -2.07. The molecule has 0 spiro atoms. The third kappa shape index (κ3) is 1.79. The van der Waals surface area contributed by atoms with Crippen molar-refractivity contribution >= 4 is 22.8 Å². The molecule has 1 saturated heterocycles. The van der Waals surface area contributed by atoms with Gasteiger partial charge in [0.25, 0.3) is 0 Å². The van der Waals surface area contributed by atoms with E-state index in [2.05, 4.69) is 0 Å². The first-order valence-corrected chi connectivity index (χ1v) is 6.42. The SMILES string of the molecule is COC(=O)C1C(/C=C2/CCSC2=O)C1(C)C. The monoisotopic (exact) mass is 240 g/mol. The highest BCUT2D eigenvalue weighted by Gasteiger charge is 2.61. The van der Waals surface area contributed by atoms with Gasteiger partial charge in [-0.3, -0.25) is 9.59 Å². The fraction of sp³-hybridized carbons (Fsp3) is 0.667. The minimum Gasteiger partial charge on any atom is -0.469 e. The highest BCUT2D eigenvalue weighted by molar-refractivity contribution is 8.14. The number of allylic oxidation sites excluding steroid dienone is 1. The van der Waals surface area contributed by atoms with Crippen molar-refractivity contribution in [3.05, 3.63) is 11.6 Å². The van der Waals surface area contributed by atoms with Crippen LogP contribution in [0.25, 0.3) is 0 Å². The number of ether oxygens (including phenoxy) is 1. The van der Waals surface area contributed by atoms with Gasteiger partial charge in [0.1, 0.15) is 0 Å². The maximum Gasteiger partial charge on any atom is 0.309 e. The van der Waals surface area contributed by atoms with Crippen LogP contribution in [0.15, 0.2) is 11.6 Å². The predicted molar refractivity (Wildman–Crippen MR) is 62.9 cm³/mol. The van der Waals surface area contributed by atoms with Crippen molar-refractivity contribution < 1.29 is 14.3 Å². The first-order valence-electron chi connectivity index (χ1n) is 5.44. The number of thioether (sulfide) groups is 1. The average molecular weight is 240 g/mol. The summed E-state index contributed by atoms with van der Waals surface area (Å²) in [6.45, 7) is 4.09. The van der Waals surface area contributed by atoms with Crippen LogP contribution in [-0.2, 0) is 14.3 Å². The normalized spacial score (nSPS) is 34.2.